The molecule has 18 heavy (non-hydrogen) atoms. The molecule has 0 aliphatic carbocycles. The van der Waals surface area contributed by atoms with Crippen molar-refractivity contribution in [3.8, 4) is 0 Å². The second-order valence-corrected chi connectivity index (χ2v) is 5.20. The van der Waals surface area contributed by atoms with Crippen LogP contribution in [0.3, 0.4) is 0 Å². The zero-order valence-corrected chi connectivity index (χ0v) is 11.3. The van der Waals surface area contributed by atoms with Crippen LogP contribution in [-0.4, -0.2) is 24.0 Å². The summed E-state index contributed by atoms with van der Waals surface area (Å²) in [6.45, 7) is 1.70. The van der Waals surface area contributed by atoms with E-state index in [1.165, 1.54) is 11.3 Å². The number of fused-ring (bicyclic) bond motifs is 1. The molecule has 1 aliphatic heterocycles. The Morgan fingerprint density at radius 1 is 1.44 bits per heavy atom. The first-order chi connectivity index (χ1) is 8.33. The van der Waals surface area contributed by atoms with E-state index in [4.69, 9.17) is 0 Å². The predicted molar refractivity (Wildman–Crippen MR) is 76.5 cm³/mol. The summed E-state index contributed by atoms with van der Waals surface area (Å²) in [6.07, 6.45) is 0.913. The van der Waals surface area contributed by atoms with Crippen LogP contribution in [-0.2, 0) is 4.79 Å². The molecular weight excluding hydrogens is 270 g/mol. The smallest absolute Gasteiger partial charge is 0.230 e. The second kappa shape index (κ2) is 5.65. The van der Waals surface area contributed by atoms with Gasteiger partial charge < -0.3 is 10.6 Å². The molecule has 2 N–H and O–H groups in total. The number of carbonyl (C=O) groups excluding carboxylic acids is 1. The van der Waals surface area contributed by atoms with Crippen molar-refractivity contribution < 1.29 is 4.79 Å². The molecule has 1 atom stereocenters. The van der Waals surface area contributed by atoms with Crippen LogP contribution in [0, 0.1) is 5.92 Å². The molecule has 0 spiro atoms. The Morgan fingerprint density at radius 3 is 3.00 bits per heavy atom. The molecule has 1 fully saturated rings. The van der Waals surface area contributed by atoms with Crippen LogP contribution in [0.25, 0.3) is 10.2 Å². The molecule has 1 aromatic heterocycles. The third-order valence-electron chi connectivity index (χ3n) is 2.96. The summed E-state index contributed by atoms with van der Waals surface area (Å²) >= 11 is 1.52. The quantitative estimate of drug-likeness (QED) is 0.889. The van der Waals surface area contributed by atoms with Gasteiger partial charge in [-0.15, -0.1) is 12.4 Å². The molecule has 6 heteroatoms. The normalized spacial score (nSPS) is 18.6. The first kappa shape index (κ1) is 13.3. The number of nitrogens with one attached hydrogen (secondary N) is 2. The fourth-order valence-corrected chi connectivity index (χ4v) is 2.88. The van der Waals surface area contributed by atoms with Gasteiger partial charge in [0.05, 0.1) is 16.1 Å². The van der Waals surface area contributed by atoms with E-state index in [0.29, 0.717) is 5.13 Å². The van der Waals surface area contributed by atoms with Crippen molar-refractivity contribution in [3.63, 3.8) is 0 Å². The van der Waals surface area contributed by atoms with Crippen molar-refractivity contribution in [1.29, 1.82) is 0 Å². The van der Waals surface area contributed by atoms with Gasteiger partial charge in [0.2, 0.25) is 5.91 Å². The molecule has 0 saturated carbocycles. The van der Waals surface area contributed by atoms with Crippen LogP contribution in [0.1, 0.15) is 6.42 Å². The van der Waals surface area contributed by atoms with Crippen molar-refractivity contribution >= 4 is 45.0 Å². The number of benzene rings is 1. The van der Waals surface area contributed by atoms with Gasteiger partial charge in [-0.25, -0.2) is 4.98 Å². The van der Waals surface area contributed by atoms with E-state index in [2.05, 4.69) is 15.6 Å². The van der Waals surface area contributed by atoms with Crippen LogP contribution in [0.2, 0.25) is 0 Å². The van der Waals surface area contributed by atoms with Gasteiger partial charge in [-0.2, -0.15) is 0 Å². The maximum Gasteiger partial charge on any atom is 0.230 e. The van der Waals surface area contributed by atoms with Gasteiger partial charge in [-0.3, -0.25) is 4.79 Å². The Kier molecular flexibility index (Phi) is 4.16. The van der Waals surface area contributed by atoms with Crippen molar-refractivity contribution in [2.75, 3.05) is 18.4 Å². The zero-order chi connectivity index (χ0) is 11.7. The fourth-order valence-electron chi connectivity index (χ4n) is 2.01. The van der Waals surface area contributed by atoms with Crippen molar-refractivity contribution in [2.24, 2.45) is 5.92 Å². The molecule has 0 radical (unpaired) electrons. The Balaban J connectivity index is 0.00000120. The molecule has 4 nitrogen and oxygen atoms in total. The van der Waals surface area contributed by atoms with Crippen LogP contribution in [0.4, 0.5) is 5.13 Å². The van der Waals surface area contributed by atoms with Gasteiger partial charge >= 0.3 is 0 Å². The number of hydrogen-bond donors (Lipinski definition) is 2. The first-order valence-corrected chi connectivity index (χ1v) is 6.52. The third-order valence-corrected chi connectivity index (χ3v) is 3.91. The van der Waals surface area contributed by atoms with Gasteiger partial charge in [0.15, 0.2) is 5.13 Å². The molecule has 1 aromatic carbocycles. The van der Waals surface area contributed by atoms with E-state index in [1.54, 1.807) is 0 Å². The lowest BCUT2D eigenvalue weighted by Crippen LogP contribution is -2.24. The largest absolute Gasteiger partial charge is 0.316 e. The maximum absolute atomic E-state index is 11.9. The lowest BCUT2D eigenvalue weighted by atomic mass is 10.1. The monoisotopic (exact) mass is 283 g/mol. The number of halogens is 1. The van der Waals surface area contributed by atoms with Gasteiger partial charge in [0.25, 0.3) is 0 Å². The summed E-state index contributed by atoms with van der Waals surface area (Å²) < 4.78 is 1.10. The van der Waals surface area contributed by atoms with Crippen LogP contribution in [0.5, 0.6) is 0 Å². The molecule has 1 amide bonds. The highest BCUT2D eigenvalue weighted by atomic mass is 35.5. The van der Waals surface area contributed by atoms with E-state index in [1.807, 2.05) is 24.3 Å². The highest BCUT2D eigenvalue weighted by Crippen LogP contribution is 2.26. The minimum atomic E-state index is 0. The van der Waals surface area contributed by atoms with Crippen molar-refractivity contribution in [3.05, 3.63) is 24.3 Å². The Hall–Kier alpha value is -1.17. The Labute approximate surface area is 115 Å². The molecule has 2 heterocycles. The second-order valence-electron chi connectivity index (χ2n) is 4.17. The number of anilines is 1. The number of thiazole rings is 1. The number of amides is 1. The zero-order valence-electron chi connectivity index (χ0n) is 9.68. The molecule has 2 aromatic rings. The van der Waals surface area contributed by atoms with E-state index >= 15 is 0 Å². The summed E-state index contributed by atoms with van der Waals surface area (Å²) in [5, 5.41) is 6.79. The highest BCUT2D eigenvalue weighted by Gasteiger charge is 2.23. The van der Waals surface area contributed by atoms with Crippen LogP contribution in [0.15, 0.2) is 24.3 Å². The average molecular weight is 284 g/mol. The minimum absolute atomic E-state index is 0. The molecule has 3 rings (SSSR count). The molecule has 0 bridgehead atoms. The molecule has 1 aliphatic rings. The number of carbonyl (C=O) groups is 1. The standard InChI is InChI=1S/C12H13N3OS.ClH/c16-11(8-5-6-13-7-8)15-12-14-9-3-1-2-4-10(9)17-12;/h1-4,8,13H,5-7H2,(H,14,15,16);1H. The van der Waals surface area contributed by atoms with E-state index in [9.17, 15) is 4.79 Å². The average Bonchev–Trinajstić information content (AvgIpc) is 2.97. The van der Waals surface area contributed by atoms with E-state index < -0.39 is 0 Å². The highest BCUT2D eigenvalue weighted by molar-refractivity contribution is 7.22. The van der Waals surface area contributed by atoms with Gasteiger partial charge in [0.1, 0.15) is 0 Å². The van der Waals surface area contributed by atoms with Crippen LogP contribution < -0.4 is 10.6 Å². The number of nitrogens with zero attached hydrogens (tertiary/aromatic N) is 1. The van der Waals surface area contributed by atoms with Crippen molar-refractivity contribution in [2.45, 2.75) is 6.42 Å². The van der Waals surface area contributed by atoms with Crippen LogP contribution >= 0.6 is 23.7 Å². The summed E-state index contributed by atoms with van der Waals surface area (Å²) in [5.74, 6) is 0.163. The maximum atomic E-state index is 11.9. The lowest BCUT2D eigenvalue weighted by Gasteiger charge is -2.06. The van der Waals surface area contributed by atoms with E-state index in [-0.39, 0.29) is 24.2 Å². The topological polar surface area (TPSA) is 54.0 Å². The summed E-state index contributed by atoms with van der Waals surface area (Å²) in [5.41, 5.74) is 0.942. The summed E-state index contributed by atoms with van der Waals surface area (Å²) in [4.78, 5) is 16.3. The van der Waals surface area contributed by atoms with Gasteiger partial charge in [-0.05, 0) is 25.1 Å². The number of aromatic nitrogens is 1. The third kappa shape index (κ3) is 2.63. The van der Waals surface area contributed by atoms with Crippen molar-refractivity contribution in [1.82, 2.24) is 10.3 Å². The summed E-state index contributed by atoms with van der Waals surface area (Å²) in [7, 11) is 0. The number of hydrogen-bond acceptors (Lipinski definition) is 4. The van der Waals surface area contributed by atoms with Gasteiger partial charge in [0, 0.05) is 6.54 Å². The molecule has 1 saturated heterocycles. The summed E-state index contributed by atoms with van der Waals surface area (Å²) in [6, 6.07) is 7.90. The lowest BCUT2D eigenvalue weighted by molar-refractivity contribution is -0.119. The van der Waals surface area contributed by atoms with E-state index in [0.717, 1.165) is 29.7 Å². The van der Waals surface area contributed by atoms with Gasteiger partial charge in [-0.1, -0.05) is 23.5 Å². The minimum Gasteiger partial charge on any atom is -0.316 e. The molecular formula is C12H14ClN3OS. The SMILES string of the molecule is Cl.O=C(Nc1nc2ccccc2s1)C1CCNC1. The predicted octanol–water partition coefficient (Wildman–Crippen LogP) is 2.27. The molecule has 96 valence electrons. The first-order valence-electron chi connectivity index (χ1n) is 5.70. The Morgan fingerprint density at radius 2 is 2.28 bits per heavy atom. The molecule has 1 unspecified atom stereocenters. The fraction of sp³-hybridized carbons (Fsp3) is 0.333. The number of para-hydroxylation sites is 1. The Bertz CT molecular complexity index is 518. The number of rotatable bonds is 2.